The molecule has 0 atom stereocenters. The number of nitriles is 1. The van der Waals surface area contributed by atoms with Crippen LogP contribution < -0.4 is 4.74 Å². The molecule has 0 bridgehead atoms. The third kappa shape index (κ3) is 4.33. The Balaban J connectivity index is 2.40. The second kappa shape index (κ2) is 6.77. The fourth-order valence-corrected chi connectivity index (χ4v) is 1.40. The van der Waals surface area contributed by atoms with E-state index in [0.717, 1.165) is 0 Å². The van der Waals surface area contributed by atoms with Gasteiger partial charge in [0.1, 0.15) is 11.8 Å². The van der Waals surface area contributed by atoms with Crippen molar-refractivity contribution in [3.63, 3.8) is 0 Å². The summed E-state index contributed by atoms with van der Waals surface area (Å²) in [6.07, 6.45) is 0.894. The maximum absolute atomic E-state index is 10.8. The lowest BCUT2D eigenvalue weighted by Gasteiger charge is -2.06. The molecule has 0 aliphatic heterocycles. The number of methoxy groups -OCH3 is 1. The van der Waals surface area contributed by atoms with E-state index in [1.807, 2.05) is 6.07 Å². The van der Waals surface area contributed by atoms with E-state index in [2.05, 4.69) is 4.74 Å². The van der Waals surface area contributed by atoms with Crippen LogP contribution in [0, 0.1) is 11.3 Å². The molecule has 1 rings (SSSR count). The molecule has 0 N–H and O–H groups in total. The summed E-state index contributed by atoms with van der Waals surface area (Å²) in [5.74, 6) is 0.324. The van der Waals surface area contributed by atoms with E-state index in [1.54, 1.807) is 18.2 Å². The van der Waals surface area contributed by atoms with Gasteiger partial charge in [-0.1, -0.05) is 11.6 Å². The minimum Gasteiger partial charge on any atom is -0.494 e. The zero-order chi connectivity index (χ0) is 12.7. The predicted octanol–water partition coefficient (Wildman–Crippen LogP) is 2.54. The van der Waals surface area contributed by atoms with Gasteiger partial charge in [-0.3, -0.25) is 4.79 Å². The summed E-state index contributed by atoms with van der Waals surface area (Å²) in [6, 6.07) is 6.81. The smallest absolute Gasteiger partial charge is 0.305 e. The van der Waals surface area contributed by atoms with E-state index >= 15 is 0 Å². The number of carbonyl (C=O) groups excluding carboxylic acids is 1. The molecular weight excluding hydrogens is 242 g/mol. The fraction of sp³-hybridized carbons (Fsp3) is 0.333. The summed E-state index contributed by atoms with van der Waals surface area (Å²) in [4.78, 5) is 10.8. The van der Waals surface area contributed by atoms with Gasteiger partial charge in [-0.15, -0.1) is 0 Å². The Bertz CT molecular complexity index is 440. The van der Waals surface area contributed by atoms with Crippen molar-refractivity contribution in [1.29, 1.82) is 5.26 Å². The Morgan fingerprint density at radius 1 is 1.53 bits per heavy atom. The van der Waals surface area contributed by atoms with Crippen molar-refractivity contribution in [2.75, 3.05) is 13.7 Å². The molecule has 5 heteroatoms. The molecule has 0 aliphatic rings. The van der Waals surface area contributed by atoms with Crippen molar-refractivity contribution in [3.05, 3.63) is 28.8 Å². The van der Waals surface area contributed by atoms with Crippen LogP contribution in [0.15, 0.2) is 18.2 Å². The van der Waals surface area contributed by atoms with Crippen LogP contribution in [-0.2, 0) is 9.53 Å². The van der Waals surface area contributed by atoms with Crippen LogP contribution >= 0.6 is 11.6 Å². The molecular formula is C12H12ClNO3. The lowest BCUT2D eigenvalue weighted by Crippen LogP contribution is -2.04. The molecule has 1 aromatic carbocycles. The average molecular weight is 254 g/mol. The Labute approximate surface area is 105 Å². The SMILES string of the molecule is COC(=O)CCCOc1ccc(C#N)c(Cl)c1. The Morgan fingerprint density at radius 2 is 2.29 bits per heavy atom. The van der Waals surface area contributed by atoms with Crippen LogP contribution in [0.5, 0.6) is 5.75 Å². The average Bonchev–Trinajstić information content (AvgIpc) is 2.34. The van der Waals surface area contributed by atoms with Gasteiger partial charge in [-0.2, -0.15) is 5.26 Å². The monoisotopic (exact) mass is 253 g/mol. The molecule has 0 radical (unpaired) electrons. The molecule has 0 saturated carbocycles. The van der Waals surface area contributed by atoms with Crippen molar-refractivity contribution in [3.8, 4) is 11.8 Å². The molecule has 0 aromatic heterocycles. The van der Waals surface area contributed by atoms with Crippen molar-refractivity contribution in [2.45, 2.75) is 12.8 Å². The molecule has 0 fully saturated rings. The summed E-state index contributed by atoms with van der Waals surface area (Å²) in [5, 5.41) is 9.04. The van der Waals surface area contributed by atoms with Crippen LogP contribution in [0.25, 0.3) is 0 Å². The number of hydrogen-bond acceptors (Lipinski definition) is 4. The number of nitrogens with zero attached hydrogens (tertiary/aromatic N) is 1. The molecule has 0 saturated heterocycles. The minimum atomic E-state index is -0.258. The Hall–Kier alpha value is -1.73. The van der Waals surface area contributed by atoms with Crippen molar-refractivity contribution in [2.24, 2.45) is 0 Å². The van der Waals surface area contributed by atoms with E-state index in [0.29, 0.717) is 35.8 Å². The van der Waals surface area contributed by atoms with Crippen LogP contribution in [0.4, 0.5) is 0 Å². The molecule has 90 valence electrons. The summed E-state index contributed by atoms with van der Waals surface area (Å²) in [6.45, 7) is 0.400. The Kier molecular flexibility index (Phi) is 5.31. The number of ether oxygens (including phenoxy) is 2. The molecule has 0 heterocycles. The first kappa shape index (κ1) is 13.3. The van der Waals surface area contributed by atoms with Crippen LogP contribution in [0.3, 0.4) is 0 Å². The zero-order valence-corrected chi connectivity index (χ0v) is 10.2. The van der Waals surface area contributed by atoms with Gasteiger partial charge in [0.05, 0.1) is 24.3 Å². The van der Waals surface area contributed by atoms with Gasteiger partial charge in [0.2, 0.25) is 0 Å². The lowest BCUT2D eigenvalue weighted by atomic mass is 10.2. The van der Waals surface area contributed by atoms with Crippen molar-refractivity contribution in [1.82, 2.24) is 0 Å². The predicted molar refractivity (Wildman–Crippen MR) is 62.9 cm³/mol. The van der Waals surface area contributed by atoms with Crippen LogP contribution in [0.1, 0.15) is 18.4 Å². The third-order valence-electron chi connectivity index (χ3n) is 2.08. The van der Waals surface area contributed by atoms with Gasteiger partial charge in [-0.05, 0) is 18.6 Å². The highest BCUT2D eigenvalue weighted by atomic mass is 35.5. The van der Waals surface area contributed by atoms with E-state index in [1.165, 1.54) is 7.11 Å². The van der Waals surface area contributed by atoms with Crippen molar-refractivity contribution >= 4 is 17.6 Å². The van der Waals surface area contributed by atoms with Gasteiger partial charge >= 0.3 is 5.97 Å². The molecule has 0 spiro atoms. The minimum absolute atomic E-state index is 0.258. The standard InChI is InChI=1S/C12H12ClNO3/c1-16-12(15)3-2-6-17-10-5-4-9(8-14)11(13)7-10/h4-5,7H,2-3,6H2,1H3. The maximum Gasteiger partial charge on any atom is 0.305 e. The fourth-order valence-electron chi connectivity index (χ4n) is 1.18. The molecule has 1 aromatic rings. The van der Waals surface area contributed by atoms with Crippen LogP contribution in [-0.4, -0.2) is 19.7 Å². The first-order valence-corrected chi connectivity index (χ1v) is 5.44. The number of halogens is 1. The molecule has 0 amide bonds. The van der Waals surface area contributed by atoms with Crippen molar-refractivity contribution < 1.29 is 14.3 Å². The second-order valence-electron chi connectivity index (χ2n) is 3.28. The molecule has 4 nitrogen and oxygen atoms in total. The van der Waals surface area contributed by atoms with Gasteiger partial charge in [0, 0.05) is 12.5 Å². The highest BCUT2D eigenvalue weighted by Gasteiger charge is 2.03. The number of benzene rings is 1. The Morgan fingerprint density at radius 3 is 2.88 bits per heavy atom. The highest BCUT2D eigenvalue weighted by molar-refractivity contribution is 6.31. The normalized spacial score (nSPS) is 9.47. The quantitative estimate of drug-likeness (QED) is 0.598. The van der Waals surface area contributed by atoms with Gasteiger partial charge in [0.25, 0.3) is 0 Å². The summed E-state index contributed by atoms with van der Waals surface area (Å²) >= 11 is 5.84. The lowest BCUT2D eigenvalue weighted by molar-refractivity contribution is -0.140. The summed E-state index contributed by atoms with van der Waals surface area (Å²) < 4.78 is 9.88. The highest BCUT2D eigenvalue weighted by Crippen LogP contribution is 2.21. The topological polar surface area (TPSA) is 59.3 Å². The number of rotatable bonds is 5. The summed E-state index contributed by atoms with van der Waals surface area (Å²) in [5.41, 5.74) is 0.411. The first-order chi connectivity index (χ1) is 8.17. The second-order valence-corrected chi connectivity index (χ2v) is 3.69. The molecule has 0 unspecified atom stereocenters. The van der Waals surface area contributed by atoms with Crippen LogP contribution in [0.2, 0.25) is 5.02 Å². The van der Waals surface area contributed by atoms with E-state index in [4.69, 9.17) is 21.6 Å². The third-order valence-corrected chi connectivity index (χ3v) is 2.40. The molecule has 0 aliphatic carbocycles. The number of esters is 1. The van der Waals surface area contributed by atoms with E-state index < -0.39 is 0 Å². The van der Waals surface area contributed by atoms with Gasteiger partial charge in [0.15, 0.2) is 0 Å². The van der Waals surface area contributed by atoms with E-state index in [-0.39, 0.29) is 5.97 Å². The van der Waals surface area contributed by atoms with E-state index in [9.17, 15) is 4.79 Å². The number of carbonyl (C=O) groups is 1. The van der Waals surface area contributed by atoms with Gasteiger partial charge in [-0.25, -0.2) is 0 Å². The maximum atomic E-state index is 10.8. The summed E-state index contributed by atoms with van der Waals surface area (Å²) in [7, 11) is 1.35. The van der Waals surface area contributed by atoms with Gasteiger partial charge < -0.3 is 9.47 Å². The zero-order valence-electron chi connectivity index (χ0n) is 9.40. The molecule has 17 heavy (non-hydrogen) atoms. The number of hydrogen-bond donors (Lipinski definition) is 0. The first-order valence-electron chi connectivity index (χ1n) is 5.06. The largest absolute Gasteiger partial charge is 0.494 e.